The summed E-state index contributed by atoms with van der Waals surface area (Å²) in [7, 11) is 1.88. The zero-order chi connectivity index (χ0) is 15.4. The summed E-state index contributed by atoms with van der Waals surface area (Å²) in [5, 5.41) is 19.6. The number of hydrogen-bond donors (Lipinski definition) is 1. The fraction of sp³-hybridized carbons (Fsp3) is 0.133. The Hall–Kier alpha value is -3.07. The molecule has 2 rings (SSSR count). The number of rotatable bonds is 4. The van der Waals surface area contributed by atoms with Crippen LogP contribution in [0.25, 0.3) is 0 Å². The lowest BCUT2D eigenvalue weighted by molar-refractivity contribution is -0.383. The van der Waals surface area contributed by atoms with E-state index in [0.29, 0.717) is 12.1 Å². The first-order valence-electron chi connectivity index (χ1n) is 6.25. The Kier molecular flexibility index (Phi) is 4.05. The van der Waals surface area contributed by atoms with Crippen LogP contribution in [0.5, 0.6) is 0 Å². The zero-order valence-corrected chi connectivity index (χ0v) is 11.5. The molecule has 0 aromatic heterocycles. The van der Waals surface area contributed by atoms with E-state index in [1.807, 2.05) is 24.1 Å². The van der Waals surface area contributed by atoms with Crippen LogP contribution in [0.1, 0.15) is 11.1 Å². The number of nitro benzene ring substituents is 1. The van der Waals surface area contributed by atoms with Gasteiger partial charge in [-0.1, -0.05) is 12.1 Å². The third kappa shape index (κ3) is 3.28. The molecular formula is C15H14N4O2. The number of nitrogens with zero attached hydrogens (tertiary/aromatic N) is 3. The maximum absolute atomic E-state index is 10.7. The van der Waals surface area contributed by atoms with E-state index >= 15 is 0 Å². The van der Waals surface area contributed by atoms with Gasteiger partial charge in [0.15, 0.2) is 0 Å². The SMILES string of the molecule is CN(Cc1ccc([N+](=O)[O-])c(N)c1)c1cccc(C#N)c1. The number of nitro groups is 1. The Bertz CT molecular complexity index is 722. The number of nitrogen functional groups attached to an aromatic ring is 1. The maximum Gasteiger partial charge on any atom is 0.292 e. The van der Waals surface area contributed by atoms with Gasteiger partial charge in [-0.3, -0.25) is 10.1 Å². The summed E-state index contributed by atoms with van der Waals surface area (Å²) in [5.41, 5.74) is 8.08. The maximum atomic E-state index is 10.7. The van der Waals surface area contributed by atoms with Gasteiger partial charge in [-0.05, 0) is 29.8 Å². The minimum absolute atomic E-state index is 0.0899. The molecule has 21 heavy (non-hydrogen) atoms. The normalized spacial score (nSPS) is 9.90. The van der Waals surface area contributed by atoms with Gasteiger partial charge in [-0.25, -0.2) is 0 Å². The Morgan fingerprint density at radius 1 is 1.33 bits per heavy atom. The van der Waals surface area contributed by atoms with E-state index in [9.17, 15) is 10.1 Å². The summed E-state index contributed by atoms with van der Waals surface area (Å²) in [6.45, 7) is 0.539. The molecular weight excluding hydrogens is 268 g/mol. The molecule has 0 aliphatic rings. The molecule has 2 aromatic carbocycles. The van der Waals surface area contributed by atoms with Crippen LogP contribution in [-0.4, -0.2) is 12.0 Å². The molecule has 2 aromatic rings. The molecule has 0 unspecified atom stereocenters. The first-order valence-corrected chi connectivity index (χ1v) is 6.25. The first kappa shape index (κ1) is 14.3. The van der Waals surface area contributed by atoms with Crippen LogP contribution in [0.15, 0.2) is 42.5 Å². The van der Waals surface area contributed by atoms with Crippen molar-refractivity contribution in [3.05, 3.63) is 63.7 Å². The van der Waals surface area contributed by atoms with Crippen LogP contribution in [0, 0.1) is 21.4 Å². The Labute approximate surface area is 122 Å². The molecule has 0 spiro atoms. The minimum atomic E-state index is -0.501. The van der Waals surface area contributed by atoms with Crippen molar-refractivity contribution in [3.63, 3.8) is 0 Å². The largest absolute Gasteiger partial charge is 0.393 e. The summed E-state index contributed by atoms with van der Waals surface area (Å²) >= 11 is 0. The van der Waals surface area contributed by atoms with Crippen LogP contribution in [0.3, 0.4) is 0 Å². The van der Waals surface area contributed by atoms with Crippen molar-refractivity contribution in [2.24, 2.45) is 0 Å². The van der Waals surface area contributed by atoms with E-state index < -0.39 is 4.92 Å². The van der Waals surface area contributed by atoms with Gasteiger partial charge in [0.05, 0.1) is 16.6 Å². The monoisotopic (exact) mass is 282 g/mol. The summed E-state index contributed by atoms with van der Waals surface area (Å²) < 4.78 is 0. The molecule has 0 heterocycles. The van der Waals surface area contributed by atoms with Gasteiger partial charge >= 0.3 is 0 Å². The van der Waals surface area contributed by atoms with E-state index in [2.05, 4.69) is 6.07 Å². The first-order chi connectivity index (χ1) is 10.0. The van der Waals surface area contributed by atoms with Gasteiger partial charge in [0, 0.05) is 25.3 Å². The molecule has 6 heteroatoms. The standard InChI is InChI=1S/C15H14N4O2/c1-18(13-4-2-3-11(7-13)9-16)10-12-5-6-15(19(20)21)14(17)8-12/h2-8H,10,17H2,1H3. The zero-order valence-electron chi connectivity index (χ0n) is 11.5. The van der Waals surface area contributed by atoms with Crippen molar-refractivity contribution in [1.82, 2.24) is 0 Å². The molecule has 0 bridgehead atoms. The molecule has 0 radical (unpaired) electrons. The average molecular weight is 282 g/mol. The predicted octanol–water partition coefficient (Wildman–Crippen LogP) is 2.69. The Morgan fingerprint density at radius 2 is 2.10 bits per heavy atom. The number of anilines is 2. The fourth-order valence-electron chi connectivity index (χ4n) is 2.05. The highest BCUT2D eigenvalue weighted by Gasteiger charge is 2.12. The molecule has 0 aliphatic carbocycles. The van der Waals surface area contributed by atoms with Gasteiger partial charge in [0.1, 0.15) is 5.69 Å². The van der Waals surface area contributed by atoms with Gasteiger partial charge in [-0.15, -0.1) is 0 Å². The Morgan fingerprint density at radius 3 is 2.71 bits per heavy atom. The summed E-state index contributed by atoms with van der Waals surface area (Å²) in [4.78, 5) is 12.2. The van der Waals surface area contributed by atoms with Gasteiger partial charge in [0.2, 0.25) is 0 Å². The topological polar surface area (TPSA) is 96.2 Å². The van der Waals surface area contributed by atoms with E-state index in [4.69, 9.17) is 11.0 Å². The van der Waals surface area contributed by atoms with Crippen molar-refractivity contribution in [1.29, 1.82) is 5.26 Å². The van der Waals surface area contributed by atoms with Crippen molar-refractivity contribution in [2.75, 3.05) is 17.7 Å². The van der Waals surface area contributed by atoms with Crippen LogP contribution in [-0.2, 0) is 6.54 Å². The third-order valence-electron chi connectivity index (χ3n) is 3.12. The smallest absolute Gasteiger partial charge is 0.292 e. The van der Waals surface area contributed by atoms with Crippen molar-refractivity contribution < 1.29 is 4.92 Å². The summed E-state index contributed by atoms with van der Waals surface area (Å²) in [6, 6.07) is 14.0. The molecule has 0 amide bonds. The van der Waals surface area contributed by atoms with Crippen molar-refractivity contribution in [2.45, 2.75) is 6.54 Å². The second-order valence-electron chi connectivity index (χ2n) is 4.67. The molecule has 6 nitrogen and oxygen atoms in total. The van der Waals surface area contributed by atoms with Crippen LogP contribution in [0.4, 0.5) is 17.1 Å². The van der Waals surface area contributed by atoms with E-state index in [0.717, 1.165) is 11.3 Å². The van der Waals surface area contributed by atoms with Crippen LogP contribution >= 0.6 is 0 Å². The van der Waals surface area contributed by atoms with E-state index in [1.165, 1.54) is 6.07 Å². The summed E-state index contributed by atoms with van der Waals surface area (Å²) in [5.74, 6) is 0. The third-order valence-corrected chi connectivity index (χ3v) is 3.12. The number of nitrogens with two attached hydrogens (primary N) is 1. The molecule has 0 saturated carbocycles. The molecule has 0 aliphatic heterocycles. The van der Waals surface area contributed by atoms with Crippen molar-refractivity contribution in [3.8, 4) is 6.07 Å². The van der Waals surface area contributed by atoms with Crippen LogP contribution in [0.2, 0.25) is 0 Å². The highest BCUT2D eigenvalue weighted by atomic mass is 16.6. The molecule has 0 fully saturated rings. The van der Waals surface area contributed by atoms with Crippen LogP contribution < -0.4 is 10.6 Å². The second kappa shape index (κ2) is 5.92. The fourth-order valence-corrected chi connectivity index (χ4v) is 2.05. The Balaban J connectivity index is 2.19. The van der Waals surface area contributed by atoms with Crippen molar-refractivity contribution >= 4 is 17.1 Å². The molecule has 106 valence electrons. The highest BCUT2D eigenvalue weighted by molar-refractivity contribution is 5.60. The van der Waals surface area contributed by atoms with E-state index in [1.54, 1.807) is 24.3 Å². The lowest BCUT2D eigenvalue weighted by atomic mass is 10.1. The van der Waals surface area contributed by atoms with Gasteiger partial charge in [-0.2, -0.15) is 5.26 Å². The number of benzene rings is 2. The summed E-state index contributed by atoms with van der Waals surface area (Å²) in [6.07, 6.45) is 0. The number of hydrogen-bond acceptors (Lipinski definition) is 5. The predicted molar refractivity (Wildman–Crippen MR) is 80.8 cm³/mol. The lowest BCUT2D eigenvalue weighted by Gasteiger charge is -2.19. The lowest BCUT2D eigenvalue weighted by Crippen LogP contribution is -2.16. The highest BCUT2D eigenvalue weighted by Crippen LogP contribution is 2.24. The quantitative estimate of drug-likeness (QED) is 0.528. The number of nitriles is 1. The second-order valence-corrected chi connectivity index (χ2v) is 4.67. The molecule has 0 atom stereocenters. The molecule has 2 N–H and O–H groups in total. The van der Waals surface area contributed by atoms with Gasteiger partial charge in [0.25, 0.3) is 5.69 Å². The molecule has 0 saturated heterocycles. The van der Waals surface area contributed by atoms with Gasteiger partial charge < -0.3 is 10.6 Å². The average Bonchev–Trinajstić information content (AvgIpc) is 2.47. The minimum Gasteiger partial charge on any atom is -0.393 e. The van der Waals surface area contributed by atoms with E-state index in [-0.39, 0.29) is 11.4 Å².